The molecule has 0 bridgehead atoms. The number of rotatable bonds is 1. The van der Waals surface area contributed by atoms with E-state index < -0.39 is 6.10 Å². The van der Waals surface area contributed by atoms with Crippen LogP contribution in [0, 0.1) is 62.6 Å². The number of carbonyl (C=O) groups excluding carboxylic acids is 1. The molecule has 0 aromatic heterocycles. The SMILES string of the molecule is CC(C)[C@H]1CC[C@@H]2[C@]1(C)CC[C@]1(C)[C@H]3CC[C@H]4C(C)(C)[C@@H](O)C(=O)C[C@]4(C)[C@H]3CC[C@@]21C. The van der Waals surface area contributed by atoms with E-state index in [1.807, 2.05) is 0 Å². The van der Waals surface area contributed by atoms with Crippen LogP contribution in [-0.2, 0) is 4.79 Å². The fraction of sp³-hybridized carbons (Fsp3) is 0.967. The van der Waals surface area contributed by atoms with E-state index in [-0.39, 0.29) is 16.6 Å². The van der Waals surface area contributed by atoms with Gasteiger partial charge in [0.1, 0.15) is 6.10 Å². The van der Waals surface area contributed by atoms with E-state index in [2.05, 4.69) is 55.4 Å². The molecule has 10 atom stereocenters. The minimum absolute atomic E-state index is 0.0595. The number of ketones is 1. The molecule has 32 heavy (non-hydrogen) atoms. The molecule has 2 nitrogen and oxygen atoms in total. The van der Waals surface area contributed by atoms with E-state index in [1.54, 1.807) is 0 Å². The molecule has 0 aromatic carbocycles. The molecule has 0 aromatic rings. The lowest BCUT2D eigenvalue weighted by atomic mass is 9.33. The van der Waals surface area contributed by atoms with Gasteiger partial charge in [-0.15, -0.1) is 0 Å². The normalized spacial score (nSPS) is 56.9. The van der Waals surface area contributed by atoms with Crippen LogP contribution >= 0.6 is 0 Å². The summed E-state index contributed by atoms with van der Waals surface area (Å²) in [6.45, 7) is 19.8. The van der Waals surface area contributed by atoms with Gasteiger partial charge in [0.05, 0.1) is 0 Å². The van der Waals surface area contributed by atoms with Gasteiger partial charge in [-0.3, -0.25) is 4.79 Å². The van der Waals surface area contributed by atoms with E-state index in [4.69, 9.17) is 0 Å². The molecule has 5 aliphatic carbocycles. The Morgan fingerprint density at radius 3 is 2.06 bits per heavy atom. The summed E-state index contributed by atoms with van der Waals surface area (Å²) < 4.78 is 0. The van der Waals surface area contributed by atoms with Crippen molar-refractivity contribution in [1.29, 1.82) is 0 Å². The highest BCUT2D eigenvalue weighted by molar-refractivity contribution is 5.85. The van der Waals surface area contributed by atoms with E-state index in [1.165, 1.54) is 51.4 Å². The van der Waals surface area contributed by atoms with Gasteiger partial charge in [0, 0.05) is 11.8 Å². The van der Waals surface area contributed by atoms with Crippen molar-refractivity contribution in [2.75, 3.05) is 0 Å². The maximum Gasteiger partial charge on any atom is 0.162 e. The predicted molar refractivity (Wildman–Crippen MR) is 131 cm³/mol. The lowest BCUT2D eigenvalue weighted by molar-refractivity contribution is -0.233. The van der Waals surface area contributed by atoms with Crippen molar-refractivity contribution in [2.24, 2.45) is 62.6 Å². The second-order valence-corrected chi connectivity index (χ2v) is 15.1. The Balaban J connectivity index is 1.52. The van der Waals surface area contributed by atoms with Gasteiger partial charge in [0.2, 0.25) is 0 Å². The summed E-state index contributed by atoms with van der Waals surface area (Å²) in [5, 5.41) is 10.8. The first-order valence-electron chi connectivity index (χ1n) is 13.9. The van der Waals surface area contributed by atoms with Gasteiger partial charge >= 0.3 is 0 Å². The van der Waals surface area contributed by atoms with Crippen molar-refractivity contribution in [3.8, 4) is 0 Å². The largest absolute Gasteiger partial charge is 0.385 e. The smallest absolute Gasteiger partial charge is 0.162 e. The van der Waals surface area contributed by atoms with Gasteiger partial charge in [-0.2, -0.15) is 0 Å². The first-order valence-corrected chi connectivity index (χ1v) is 13.9. The van der Waals surface area contributed by atoms with E-state index in [0.717, 1.165) is 23.7 Å². The van der Waals surface area contributed by atoms with Crippen molar-refractivity contribution >= 4 is 5.78 Å². The Hall–Kier alpha value is -0.370. The van der Waals surface area contributed by atoms with Crippen LogP contribution in [0.5, 0.6) is 0 Å². The summed E-state index contributed by atoms with van der Waals surface area (Å²) in [5.41, 5.74) is 1.11. The van der Waals surface area contributed by atoms with E-state index in [0.29, 0.717) is 34.5 Å². The molecule has 0 amide bonds. The fourth-order valence-corrected chi connectivity index (χ4v) is 11.9. The maximum absolute atomic E-state index is 13.0. The highest BCUT2D eigenvalue weighted by Crippen LogP contribution is 2.77. The summed E-state index contributed by atoms with van der Waals surface area (Å²) >= 11 is 0. The summed E-state index contributed by atoms with van der Waals surface area (Å²) in [6, 6.07) is 0. The van der Waals surface area contributed by atoms with Gasteiger partial charge in [0.25, 0.3) is 0 Å². The van der Waals surface area contributed by atoms with Gasteiger partial charge in [-0.25, -0.2) is 0 Å². The van der Waals surface area contributed by atoms with E-state index >= 15 is 0 Å². The molecule has 2 heteroatoms. The lowest BCUT2D eigenvalue weighted by Crippen LogP contribution is -2.66. The molecule has 0 heterocycles. The fourth-order valence-electron chi connectivity index (χ4n) is 11.9. The number of carbonyl (C=O) groups is 1. The zero-order valence-electron chi connectivity index (χ0n) is 22.3. The quantitative estimate of drug-likeness (QED) is 0.463. The van der Waals surface area contributed by atoms with Crippen molar-refractivity contribution in [3.05, 3.63) is 0 Å². The Bertz CT molecular complexity index is 799. The zero-order chi connectivity index (χ0) is 23.5. The molecule has 0 spiro atoms. The molecular formula is C30H50O2. The summed E-state index contributed by atoms with van der Waals surface area (Å²) in [7, 11) is 0. The zero-order valence-corrected chi connectivity index (χ0v) is 22.3. The monoisotopic (exact) mass is 442 g/mol. The van der Waals surface area contributed by atoms with Gasteiger partial charge in [-0.05, 0) is 109 Å². The van der Waals surface area contributed by atoms with Gasteiger partial charge in [0.15, 0.2) is 5.78 Å². The Morgan fingerprint density at radius 1 is 0.750 bits per heavy atom. The highest BCUT2D eigenvalue weighted by atomic mass is 16.3. The third-order valence-electron chi connectivity index (χ3n) is 13.6. The predicted octanol–water partition coefficient (Wildman–Crippen LogP) is 7.28. The number of hydrogen-bond acceptors (Lipinski definition) is 2. The minimum Gasteiger partial charge on any atom is -0.385 e. The molecule has 1 N–H and O–H groups in total. The number of aliphatic hydroxyl groups excluding tert-OH is 1. The first kappa shape index (κ1) is 23.4. The second kappa shape index (κ2) is 6.86. The molecule has 5 aliphatic rings. The molecule has 0 saturated heterocycles. The lowest BCUT2D eigenvalue weighted by Gasteiger charge is -2.71. The third kappa shape index (κ3) is 2.60. The van der Waals surface area contributed by atoms with Crippen LogP contribution in [-0.4, -0.2) is 17.0 Å². The number of aliphatic hydroxyl groups is 1. The van der Waals surface area contributed by atoms with Crippen LogP contribution in [0.15, 0.2) is 0 Å². The van der Waals surface area contributed by atoms with Crippen LogP contribution in [0.3, 0.4) is 0 Å². The van der Waals surface area contributed by atoms with Crippen LogP contribution in [0.4, 0.5) is 0 Å². The molecule has 0 aliphatic heterocycles. The molecule has 5 saturated carbocycles. The number of Topliss-reactive ketones (excluding diaryl/α,β-unsaturated/α-hetero) is 1. The van der Waals surface area contributed by atoms with Gasteiger partial charge < -0.3 is 5.11 Å². The van der Waals surface area contributed by atoms with E-state index in [9.17, 15) is 9.90 Å². The summed E-state index contributed by atoms with van der Waals surface area (Å²) in [4.78, 5) is 13.0. The molecule has 5 rings (SSSR count). The molecule has 0 unspecified atom stereocenters. The molecule has 5 fully saturated rings. The van der Waals surface area contributed by atoms with Crippen LogP contribution in [0.25, 0.3) is 0 Å². The van der Waals surface area contributed by atoms with Crippen molar-refractivity contribution in [2.45, 2.75) is 119 Å². The maximum atomic E-state index is 13.0. The Labute approximate surface area is 197 Å². The molecular weight excluding hydrogens is 392 g/mol. The summed E-state index contributed by atoms with van der Waals surface area (Å²) in [5.74, 6) is 4.50. The second-order valence-electron chi connectivity index (χ2n) is 15.1. The highest BCUT2D eigenvalue weighted by Gasteiger charge is 2.70. The van der Waals surface area contributed by atoms with Crippen LogP contribution in [0.1, 0.15) is 113 Å². The standard InChI is InChI=1S/C30H50O2/c1-18(2)19-9-12-24-27(19,5)15-16-29(7)21-10-11-23-26(3,4)25(32)22(31)17-28(23,6)20(21)13-14-30(24,29)8/h18-21,23-25,32H,9-17H2,1-8H3/t19-,20+,21+,23+,24-,25+,27-,28-,29-,30+/m1/s1. The van der Waals surface area contributed by atoms with Crippen molar-refractivity contribution in [3.63, 3.8) is 0 Å². The average molecular weight is 443 g/mol. The van der Waals surface area contributed by atoms with Crippen molar-refractivity contribution in [1.82, 2.24) is 0 Å². The van der Waals surface area contributed by atoms with Gasteiger partial charge in [-0.1, -0.05) is 55.4 Å². The average Bonchev–Trinajstić information content (AvgIpc) is 3.06. The van der Waals surface area contributed by atoms with Crippen LogP contribution < -0.4 is 0 Å². The Morgan fingerprint density at radius 2 is 1.41 bits per heavy atom. The molecule has 182 valence electrons. The van der Waals surface area contributed by atoms with Crippen molar-refractivity contribution < 1.29 is 9.90 Å². The number of hydrogen-bond donors (Lipinski definition) is 1. The topological polar surface area (TPSA) is 37.3 Å². The Kier molecular flexibility index (Phi) is 5.01. The minimum atomic E-state index is -0.775. The van der Waals surface area contributed by atoms with Crippen LogP contribution in [0.2, 0.25) is 0 Å². The number of fused-ring (bicyclic) bond motifs is 7. The summed E-state index contributed by atoms with van der Waals surface area (Å²) in [6.07, 6.45) is 10.6. The third-order valence-corrected chi connectivity index (χ3v) is 13.6. The first-order chi connectivity index (χ1) is 14.7. The molecule has 0 radical (unpaired) electrons.